The highest BCUT2D eigenvalue weighted by molar-refractivity contribution is 7.18. The van der Waals surface area contributed by atoms with Crippen LogP contribution in [0.15, 0.2) is 6.07 Å². The number of nitrogens with zero attached hydrogens (tertiary/aromatic N) is 4. The number of fused-ring (bicyclic) bond motifs is 1. The van der Waals surface area contributed by atoms with Crippen LogP contribution in [0.5, 0.6) is 0 Å². The van der Waals surface area contributed by atoms with E-state index in [-0.39, 0.29) is 32.1 Å². The molecular formula is C18H23F3N6O3S. The molecule has 1 aliphatic rings. The first kappa shape index (κ1) is 23.2. The number of alkyl halides is 3. The van der Waals surface area contributed by atoms with Crippen molar-refractivity contribution in [3.05, 3.63) is 10.9 Å². The van der Waals surface area contributed by atoms with E-state index in [9.17, 15) is 22.8 Å². The molecule has 0 radical (unpaired) electrons. The maximum Gasteiger partial charge on any atom is 0.397 e. The van der Waals surface area contributed by atoms with Crippen LogP contribution < -0.4 is 16.0 Å². The van der Waals surface area contributed by atoms with E-state index in [4.69, 9.17) is 10.8 Å². The normalized spacial score (nSPS) is 15.9. The summed E-state index contributed by atoms with van der Waals surface area (Å²) in [6, 6.07) is 0.821. The lowest BCUT2D eigenvalue weighted by atomic mass is 10.2. The smallest absolute Gasteiger partial charge is 0.394 e. The number of anilines is 2. The van der Waals surface area contributed by atoms with E-state index in [1.54, 1.807) is 0 Å². The van der Waals surface area contributed by atoms with Crippen molar-refractivity contribution in [1.29, 1.82) is 0 Å². The summed E-state index contributed by atoms with van der Waals surface area (Å²) in [5, 5.41) is 12.3. The summed E-state index contributed by atoms with van der Waals surface area (Å²) < 4.78 is 37.5. The van der Waals surface area contributed by atoms with Crippen molar-refractivity contribution < 1.29 is 27.9 Å². The SMILES string of the molecule is CCc1cc2c(N3CCN(C(=O)CC(F)(F)F)CC3)nc(NC(=O)[C@@H](N)CO)nc2s1. The number of nitrogens with two attached hydrogens (primary N) is 1. The number of hydrogen-bond donors (Lipinski definition) is 3. The van der Waals surface area contributed by atoms with Crippen LogP contribution in [-0.2, 0) is 16.0 Å². The molecule has 13 heteroatoms. The van der Waals surface area contributed by atoms with Gasteiger partial charge in [-0.3, -0.25) is 14.9 Å². The number of aromatic nitrogens is 2. The van der Waals surface area contributed by atoms with Crippen LogP contribution in [0.25, 0.3) is 10.2 Å². The van der Waals surface area contributed by atoms with Crippen LogP contribution in [0.4, 0.5) is 24.9 Å². The van der Waals surface area contributed by atoms with Crippen LogP contribution in [0.1, 0.15) is 18.2 Å². The molecule has 1 aliphatic heterocycles. The van der Waals surface area contributed by atoms with Crippen molar-refractivity contribution in [2.24, 2.45) is 5.73 Å². The third-order valence-electron chi connectivity index (χ3n) is 4.82. The highest BCUT2D eigenvalue weighted by atomic mass is 32.1. The van der Waals surface area contributed by atoms with Crippen LogP contribution >= 0.6 is 11.3 Å². The summed E-state index contributed by atoms with van der Waals surface area (Å²) in [6.45, 7) is 2.29. The van der Waals surface area contributed by atoms with Crippen molar-refractivity contribution in [3.8, 4) is 0 Å². The standard InChI is InChI=1S/C18H23F3N6O3S/c1-2-10-7-11-14(23-17(25-16(11)31-10)24-15(30)12(22)9-28)27-5-3-26(4-6-27)13(29)8-18(19,20)21/h7,12,28H,2-6,8-9,22H2,1H3,(H,23,24,25,30)/t12-/m0/s1. The highest BCUT2D eigenvalue weighted by Crippen LogP contribution is 2.33. The average molecular weight is 460 g/mol. The number of aliphatic hydroxyl groups is 1. The minimum Gasteiger partial charge on any atom is -0.394 e. The van der Waals surface area contributed by atoms with E-state index in [2.05, 4.69) is 15.3 Å². The second-order valence-corrected chi connectivity index (χ2v) is 8.21. The van der Waals surface area contributed by atoms with Gasteiger partial charge in [0.2, 0.25) is 17.8 Å². The monoisotopic (exact) mass is 460 g/mol. The largest absolute Gasteiger partial charge is 0.397 e. The number of aliphatic hydroxyl groups excluding tert-OH is 1. The molecule has 0 aliphatic carbocycles. The zero-order valence-corrected chi connectivity index (χ0v) is 17.6. The quantitative estimate of drug-likeness (QED) is 0.590. The fourth-order valence-corrected chi connectivity index (χ4v) is 4.13. The molecule has 0 bridgehead atoms. The fraction of sp³-hybridized carbons (Fsp3) is 0.556. The number of rotatable bonds is 6. The second kappa shape index (κ2) is 9.32. The third kappa shape index (κ3) is 5.60. The summed E-state index contributed by atoms with van der Waals surface area (Å²) in [5.74, 6) is -1.04. The lowest BCUT2D eigenvalue weighted by Gasteiger charge is -2.36. The van der Waals surface area contributed by atoms with Crippen molar-refractivity contribution in [2.75, 3.05) is 43.0 Å². The van der Waals surface area contributed by atoms with E-state index in [0.717, 1.165) is 16.7 Å². The van der Waals surface area contributed by atoms with E-state index < -0.39 is 37.1 Å². The molecular weight excluding hydrogens is 437 g/mol. The number of aryl methyl sites for hydroxylation is 1. The maximum absolute atomic E-state index is 12.5. The van der Waals surface area contributed by atoms with Gasteiger partial charge in [0.1, 0.15) is 23.1 Å². The van der Waals surface area contributed by atoms with Crippen molar-refractivity contribution in [1.82, 2.24) is 14.9 Å². The fourth-order valence-electron chi connectivity index (χ4n) is 3.16. The zero-order valence-electron chi connectivity index (χ0n) is 16.8. The number of hydrogen-bond acceptors (Lipinski definition) is 8. The maximum atomic E-state index is 12.5. The van der Waals surface area contributed by atoms with Crippen molar-refractivity contribution in [3.63, 3.8) is 0 Å². The molecule has 2 amide bonds. The molecule has 3 rings (SSSR count). The van der Waals surface area contributed by atoms with E-state index in [0.29, 0.717) is 10.6 Å². The number of halogens is 3. The summed E-state index contributed by atoms with van der Waals surface area (Å²) in [7, 11) is 0. The summed E-state index contributed by atoms with van der Waals surface area (Å²) >= 11 is 1.44. The first-order valence-electron chi connectivity index (χ1n) is 9.68. The molecule has 3 heterocycles. The van der Waals surface area contributed by atoms with E-state index >= 15 is 0 Å². The minimum absolute atomic E-state index is 0.0245. The molecule has 0 spiro atoms. The molecule has 9 nitrogen and oxygen atoms in total. The van der Waals surface area contributed by atoms with Gasteiger partial charge in [-0.15, -0.1) is 11.3 Å². The zero-order chi connectivity index (χ0) is 22.8. The predicted octanol–water partition coefficient (Wildman–Crippen LogP) is 1.11. The molecule has 0 saturated carbocycles. The minimum atomic E-state index is -4.54. The van der Waals surface area contributed by atoms with E-state index in [1.165, 1.54) is 16.2 Å². The first-order valence-corrected chi connectivity index (χ1v) is 10.5. The second-order valence-electron chi connectivity index (χ2n) is 7.09. The lowest BCUT2D eigenvalue weighted by molar-refractivity contribution is -0.161. The molecule has 0 unspecified atom stereocenters. The van der Waals surface area contributed by atoms with Crippen LogP contribution in [0.3, 0.4) is 0 Å². The Labute approximate surface area is 180 Å². The molecule has 2 aromatic heterocycles. The Bertz CT molecular complexity index is 959. The summed E-state index contributed by atoms with van der Waals surface area (Å²) in [4.78, 5) is 37.4. The van der Waals surface area contributed by atoms with Gasteiger partial charge in [0, 0.05) is 31.1 Å². The molecule has 4 N–H and O–H groups in total. The van der Waals surface area contributed by atoms with Crippen LogP contribution in [0, 0.1) is 0 Å². The van der Waals surface area contributed by atoms with Gasteiger partial charge in [-0.05, 0) is 12.5 Å². The first-order chi connectivity index (χ1) is 14.6. The predicted molar refractivity (Wildman–Crippen MR) is 110 cm³/mol. The topological polar surface area (TPSA) is 125 Å². The molecule has 170 valence electrons. The Hall–Kier alpha value is -2.51. The van der Waals surface area contributed by atoms with Gasteiger partial charge in [0.05, 0.1) is 12.0 Å². The van der Waals surface area contributed by atoms with Crippen LogP contribution in [-0.4, -0.2) is 76.8 Å². The number of thiophene rings is 1. The van der Waals surface area contributed by atoms with Gasteiger partial charge < -0.3 is 20.6 Å². The number of carbonyl (C=O) groups is 2. The van der Waals surface area contributed by atoms with E-state index in [1.807, 2.05) is 17.9 Å². The molecule has 1 atom stereocenters. The van der Waals surface area contributed by atoms with Crippen molar-refractivity contribution >= 4 is 45.1 Å². The molecule has 1 saturated heterocycles. The van der Waals surface area contributed by atoms with Crippen molar-refractivity contribution in [2.45, 2.75) is 32.0 Å². The number of nitrogens with one attached hydrogen (secondary N) is 1. The number of amides is 2. The number of piperazine rings is 1. The third-order valence-corrected chi connectivity index (χ3v) is 6.00. The Morgan fingerprint density at radius 2 is 1.97 bits per heavy atom. The Morgan fingerprint density at radius 3 is 2.55 bits per heavy atom. The van der Waals surface area contributed by atoms with Gasteiger partial charge in [0.25, 0.3) is 0 Å². The van der Waals surface area contributed by atoms with Gasteiger partial charge in [0.15, 0.2) is 0 Å². The molecule has 1 fully saturated rings. The molecule has 0 aromatic carbocycles. The van der Waals surface area contributed by atoms with Gasteiger partial charge in [-0.2, -0.15) is 18.2 Å². The van der Waals surface area contributed by atoms with Gasteiger partial charge >= 0.3 is 6.18 Å². The Kier molecular flexibility index (Phi) is 6.96. The van der Waals surface area contributed by atoms with Gasteiger partial charge in [-0.1, -0.05) is 6.92 Å². The van der Waals surface area contributed by atoms with Gasteiger partial charge in [-0.25, -0.2) is 4.98 Å². The lowest BCUT2D eigenvalue weighted by Crippen LogP contribution is -2.49. The highest BCUT2D eigenvalue weighted by Gasteiger charge is 2.34. The van der Waals surface area contributed by atoms with Crippen LogP contribution in [0.2, 0.25) is 0 Å². The Morgan fingerprint density at radius 1 is 1.29 bits per heavy atom. The Balaban J connectivity index is 1.83. The summed E-state index contributed by atoms with van der Waals surface area (Å²) in [6.07, 6.45) is -5.24. The summed E-state index contributed by atoms with van der Waals surface area (Å²) in [5.41, 5.74) is 5.53. The molecule has 2 aromatic rings. The average Bonchev–Trinajstić information content (AvgIpc) is 3.14. The molecule has 31 heavy (non-hydrogen) atoms. The number of carbonyl (C=O) groups excluding carboxylic acids is 2.